The van der Waals surface area contributed by atoms with Crippen LogP contribution in [0, 0.1) is 0 Å². The molecule has 0 fully saturated rings. The lowest BCUT2D eigenvalue weighted by Crippen LogP contribution is -2.38. The lowest BCUT2D eigenvalue weighted by atomic mass is 10.3. The van der Waals surface area contributed by atoms with Crippen molar-refractivity contribution < 1.29 is 19.1 Å². The van der Waals surface area contributed by atoms with Crippen molar-refractivity contribution in [2.45, 2.75) is 18.9 Å². The van der Waals surface area contributed by atoms with Gasteiger partial charge in [-0.15, -0.1) is 0 Å². The van der Waals surface area contributed by atoms with Gasteiger partial charge in [0.25, 0.3) is 0 Å². The molecule has 0 saturated carbocycles. The summed E-state index contributed by atoms with van der Waals surface area (Å²) in [6, 6.07) is 3.41. The van der Waals surface area contributed by atoms with Crippen LogP contribution in [-0.2, 0) is 11.2 Å². The third-order valence-electron chi connectivity index (χ3n) is 2.41. The van der Waals surface area contributed by atoms with E-state index in [0.29, 0.717) is 30.6 Å². The Labute approximate surface area is 120 Å². The summed E-state index contributed by atoms with van der Waals surface area (Å²) in [5, 5.41) is 14.7. The first-order valence-corrected chi connectivity index (χ1v) is 6.84. The minimum atomic E-state index is -0.550. The van der Waals surface area contributed by atoms with Crippen LogP contribution in [0.3, 0.4) is 0 Å². The number of hydrogen-bond acceptors (Lipinski definition) is 4. The number of furan rings is 1. The fourth-order valence-corrected chi connectivity index (χ4v) is 1.82. The Balaban J connectivity index is 2.05. The van der Waals surface area contributed by atoms with Crippen molar-refractivity contribution in [3.63, 3.8) is 0 Å². The number of urea groups is 1. The topological polar surface area (TPSA) is 83.7 Å². The van der Waals surface area contributed by atoms with E-state index in [2.05, 4.69) is 26.6 Å². The number of halogens is 1. The number of carbonyl (C=O) groups excluding carboxylic acids is 1. The number of carbonyl (C=O) groups is 1. The normalized spacial score (nSPS) is 12.2. The van der Waals surface area contributed by atoms with Crippen LogP contribution in [-0.4, -0.2) is 44.0 Å². The Kier molecular flexibility index (Phi) is 7.54. The van der Waals surface area contributed by atoms with Gasteiger partial charge in [-0.1, -0.05) is 0 Å². The SMILES string of the molecule is COCC(O)CCNC(=O)NCCc1ccc(Br)o1. The molecule has 7 heteroatoms. The Morgan fingerprint density at radius 1 is 1.47 bits per heavy atom. The molecule has 0 radical (unpaired) electrons. The van der Waals surface area contributed by atoms with Crippen molar-refractivity contribution in [2.24, 2.45) is 0 Å². The van der Waals surface area contributed by atoms with E-state index in [9.17, 15) is 9.90 Å². The van der Waals surface area contributed by atoms with Crippen molar-refractivity contribution in [3.8, 4) is 0 Å². The van der Waals surface area contributed by atoms with Crippen LogP contribution in [0.5, 0.6) is 0 Å². The van der Waals surface area contributed by atoms with E-state index >= 15 is 0 Å². The molecule has 1 rings (SSSR count). The number of ether oxygens (including phenoxy) is 1. The summed E-state index contributed by atoms with van der Waals surface area (Å²) in [5.41, 5.74) is 0. The predicted molar refractivity (Wildman–Crippen MR) is 74.0 cm³/mol. The highest BCUT2D eigenvalue weighted by Gasteiger charge is 2.05. The van der Waals surface area contributed by atoms with Crippen molar-refractivity contribution in [2.75, 3.05) is 26.8 Å². The van der Waals surface area contributed by atoms with Crippen molar-refractivity contribution in [3.05, 3.63) is 22.6 Å². The lowest BCUT2D eigenvalue weighted by Gasteiger charge is -2.10. The highest BCUT2D eigenvalue weighted by atomic mass is 79.9. The average molecular weight is 335 g/mol. The average Bonchev–Trinajstić information content (AvgIpc) is 2.75. The second-order valence-electron chi connectivity index (χ2n) is 4.04. The number of hydrogen-bond donors (Lipinski definition) is 3. The van der Waals surface area contributed by atoms with Crippen LogP contribution in [0.1, 0.15) is 12.2 Å². The molecule has 0 aliphatic carbocycles. The Bertz CT molecular complexity index is 384. The molecule has 0 aliphatic heterocycles. The molecule has 1 heterocycles. The van der Waals surface area contributed by atoms with E-state index in [1.165, 1.54) is 7.11 Å². The molecular formula is C12H19BrN2O4. The van der Waals surface area contributed by atoms with Crippen LogP contribution in [0.15, 0.2) is 21.2 Å². The Morgan fingerprint density at radius 2 is 2.21 bits per heavy atom. The number of methoxy groups -OCH3 is 1. The third-order valence-corrected chi connectivity index (χ3v) is 2.83. The van der Waals surface area contributed by atoms with Gasteiger partial charge in [0.15, 0.2) is 4.67 Å². The molecule has 0 saturated heterocycles. The summed E-state index contributed by atoms with van der Waals surface area (Å²) in [6.07, 6.45) is 0.545. The van der Waals surface area contributed by atoms with Crippen LogP contribution >= 0.6 is 15.9 Å². The molecule has 0 spiro atoms. The minimum Gasteiger partial charge on any atom is -0.454 e. The molecule has 1 atom stereocenters. The van der Waals surface area contributed by atoms with Gasteiger partial charge < -0.3 is 24.9 Å². The van der Waals surface area contributed by atoms with Crippen molar-refractivity contribution >= 4 is 22.0 Å². The van der Waals surface area contributed by atoms with E-state index < -0.39 is 6.10 Å². The molecule has 3 N–H and O–H groups in total. The molecule has 19 heavy (non-hydrogen) atoms. The van der Waals surface area contributed by atoms with Gasteiger partial charge in [0.1, 0.15) is 5.76 Å². The first-order valence-electron chi connectivity index (χ1n) is 6.04. The summed E-state index contributed by atoms with van der Waals surface area (Å²) in [4.78, 5) is 11.4. The van der Waals surface area contributed by atoms with E-state index in [0.717, 1.165) is 5.76 Å². The maximum absolute atomic E-state index is 11.4. The number of aliphatic hydroxyl groups is 1. The summed E-state index contributed by atoms with van der Waals surface area (Å²) in [7, 11) is 1.52. The van der Waals surface area contributed by atoms with Crippen LogP contribution in [0.2, 0.25) is 0 Å². The fraction of sp³-hybridized carbons (Fsp3) is 0.583. The number of rotatable bonds is 8. The van der Waals surface area contributed by atoms with E-state index in [1.54, 1.807) is 0 Å². The van der Waals surface area contributed by atoms with Gasteiger partial charge >= 0.3 is 6.03 Å². The van der Waals surface area contributed by atoms with Gasteiger partial charge in [-0.3, -0.25) is 0 Å². The quantitative estimate of drug-likeness (QED) is 0.668. The minimum absolute atomic E-state index is 0.254. The zero-order valence-corrected chi connectivity index (χ0v) is 12.4. The lowest BCUT2D eigenvalue weighted by molar-refractivity contribution is 0.0599. The fourth-order valence-electron chi connectivity index (χ4n) is 1.48. The summed E-state index contributed by atoms with van der Waals surface area (Å²) in [5.74, 6) is 0.808. The van der Waals surface area contributed by atoms with Crippen LogP contribution in [0.25, 0.3) is 0 Å². The van der Waals surface area contributed by atoms with Crippen molar-refractivity contribution in [1.29, 1.82) is 0 Å². The first-order chi connectivity index (χ1) is 9.11. The molecule has 0 aliphatic rings. The van der Waals surface area contributed by atoms with Crippen molar-refractivity contribution in [1.82, 2.24) is 10.6 Å². The van der Waals surface area contributed by atoms with Gasteiger partial charge in [0.05, 0.1) is 12.7 Å². The molecule has 1 unspecified atom stereocenters. The summed E-state index contributed by atoms with van der Waals surface area (Å²) < 4.78 is 10.8. The molecule has 0 bridgehead atoms. The molecule has 6 nitrogen and oxygen atoms in total. The zero-order chi connectivity index (χ0) is 14.1. The molecule has 2 amide bonds. The second kappa shape index (κ2) is 8.95. The molecular weight excluding hydrogens is 316 g/mol. The predicted octanol–water partition coefficient (Wildman–Crippen LogP) is 1.28. The zero-order valence-electron chi connectivity index (χ0n) is 10.8. The van der Waals surface area contributed by atoms with Gasteiger partial charge in [0, 0.05) is 26.6 Å². The highest BCUT2D eigenvalue weighted by molar-refractivity contribution is 9.10. The van der Waals surface area contributed by atoms with Gasteiger partial charge in [0.2, 0.25) is 0 Å². The maximum atomic E-state index is 11.4. The molecule has 1 aromatic heterocycles. The largest absolute Gasteiger partial charge is 0.454 e. The van der Waals surface area contributed by atoms with E-state index in [1.807, 2.05) is 12.1 Å². The van der Waals surface area contributed by atoms with Gasteiger partial charge in [-0.25, -0.2) is 4.79 Å². The van der Waals surface area contributed by atoms with E-state index in [-0.39, 0.29) is 12.6 Å². The standard InChI is InChI=1S/C12H19BrN2O4/c1-18-8-9(16)4-6-14-12(17)15-7-5-10-2-3-11(13)19-10/h2-3,9,16H,4-8H2,1H3,(H2,14,15,17). The summed E-state index contributed by atoms with van der Waals surface area (Å²) >= 11 is 3.21. The summed E-state index contributed by atoms with van der Waals surface area (Å²) in [6.45, 7) is 1.17. The van der Waals surface area contributed by atoms with E-state index in [4.69, 9.17) is 9.15 Å². The number of aliphatic hydroxyl groups excluding tert-OH is 1. The molecule has 108 valence electrons. The number of nitrogens with one attached hydrogen (secondary N) is 2. The second-order valence-corrected chi connectivity index (χ2v) is 4.82. The van der Waals surface area contributed by atoms with Gasteiger partial charge in [-0.05, 0) is 34.5 Å². The molecule has 1 aromatic rings. The smallest absolute Gasteiger partial charge is 0.314 e. The van der Waals surface area contributed by atoms with Crippen LogP contribution < -0.4 is 10.6 Å². The maximum Gasteiger partial charge on any atom is 0.314 e. The highest BCUT2D eigenvalue weighted by Crippen LogP contribution is 2.13. The first kappa shape index (κ1) is 16.0. The number of amides is 2. The van der Waals surface area contributed by atoms with Gasteiger partial charge in [-0.2, -0.15) is 0 Å². The third kappa shape index (κ3) is 7.19. The monoisotopic (exact) mass is 334 g/mol. The Hall–Kier alpha value is -1.05. The Morgan fingerprint density at radius 3 is 2.84 bits per heavy atom. The molecule has 0 aromatic carbocycles. The van der Waals surface area contributed by atoms with Crippen LogP contribution in [0.4, 0.5) is 4.79 Å².